The Labute approximate surface area is 112 Å². The van der Waals surface area contributed by atoms with Gasteiger partial charge in [0.2, 0.25) is 0 Å². The number of nitrogens with zero attached hydrogens (tertiary/aromatic N) is 3. The van der Waals surface area contributed by atoms with E-state index in [2.05, 4.69) is 20.5 Å². The highest BCUT2D eigenvalue weighted by molar-refractivity contribution is 6.33. The molecule has 0 bridgehead atoms. The molecule has 98 valence electrons. The predicted molar refractivity (Wildman–Crippen MR) is 67.2 cm³/mol. The summed E-state index contributed by atoms with van der Waals surface area (Å²) in [5, 5.41) is 19.4. The third kappa shape index (κ3) is 2.86. The number of rotatable bonds is 3. The molecule has 2 aromatic rings. The van der Waals surface area contributed by atoms with Gasteiger partial charge in [0.15, 0.2) is 5.82 Å². The van der Waals surface area contributed by atoms with Gasteiger partial charge in [-0.25, -0.2) is 4.98 Å². The normalized spacial score (nSPS) is 10.2. The zero-order valence-electron chi connectivity index (χ0n) is 9.68. The molecule has 0 aliphatic rings. The minimum Gasteiger partial charge on any atom is -0.305 e. The van der Waals surface area contributed by atoms with Crippen LogP contribution in [-0.2, 0) is 0 Å². The van der Waals surface area contributed by atoms with Gasteiger partial charge in [0, 0.05) is 17.8 Å². The number of anilines is 1. The smallest absolute Gasteiger partial charge is 0.288 e. The van der Waals surface area contributed by atoms with Crippen molar-refractivity contribution in [3.8, 4) is 0 Å². The van der Waals surface area contributed by atoms with E-state index >= 15 is 0 Å². The van der Waals surface area contributed by atoms with E-state index in [-0.39, 0.29) is 16.4 Å². The predicted octanol–water partition coefficient (Wildman–Crippen LogP) is 1.93. The van der Waals surface area contributed by atoms with E-state index in [9.17, 15) is 14.9 Å². The molecule has 0 aliphatic carbocycles. The van der Waals surface area contributed by atoms with Gasteiger partial charge in [-0.2, -0.15) is 5.10 Å². The lowest BCUT2D eigenvalue weighted by Crippen LogP contribution is -2.13. The molecule has 0 spiro atoms. The summed E-state index contributed by atoms with van der Waals surface area (Å²) in [6.45, 7) is 1.77. The Kier molecular flexibility index (Phi) is 3.43. The van der Waals surface area contributed by atoms with Gasteiger partial charge in [0.05, 0.1) is 10.5 Å². The van der Waals surface area contributed by atoms with Gasteiger partial charge in [-0.05, 0) is 6.92 Å². The van der Waals surface area contributed by atoms with Gasteiger partial charge >= 0.3 is 0 Å². The molecule has 2 heterocycles. The summed E-state index contributed by atoms with van der Waals surface area (Å²) in [6, 6.07) is 2.67. The number of nitro groups is 1. The lowest BCUT2D eigenvalue weighted by Gasteiger charge is -2.03. The summed E-state index contributed by atoms with van der Waals surface area (Å²) >= 11 is 5.74. The van der Waals surface area contributed by atoms with Crippen molar-refractivity contribution in [2.45, 2.75) is 6.92 Å². The molecule has 2 N–H and O–H groups in total. The maximum Gasteiger partial charge on any atom is 0.288 e. The summed E-state index contributed by atoms with van der Waals surface area (Å²) in [7, 11) is 0. The highest BCUT2D eigenvalue weighted by Gasteiger charge is 2.17. The second-order valence-corrected chi connectivity index (χ2v) is 4.04. The lowest BCUT2D eigenvalue weighted by molar-refractivity contribution is -0.385. The number of halogens is 1. The fourth-order valence-electron chi connectivity index (χ4n) is 1.36. The Hall–Kier alpha value is -2.48. The maximum absolute atomic E-state index is 11.9. The van der Waals surface area contributed by atoms with Crippen molar-refractivity contribution in [1.82, 2.24) is 15.2 Å². The Morgan fingerprint density at radius 1 is 1.53 bits per heavy atom. The van der Waals surface area contributed by atoms with Crippen molar-refractivity contribution in [2.24, 2.45) is 0 Å². The van der Waals surface area contributed by atoms with Gasteiger partial charge in [0.25, 0.3) is 11.6 Å². The molecule has 0 aliphatic heterocycles. The quantitative estimate of drug-likeness (QED) is 0.507. The standard InChI is InChI=1S/C10H8ClN5O3/c1-5-2-8(15-14-5)13-10(17)7-3-6(16(18)19)4-12-9(7)11/h2-4H,1H3,(H2,13,14,15,17). The molecule has 0 atom stereocenters. The third-order valence-corrected chi connectivity index (χ3v) is 2.53. The Morgan fingerprint density at radius 3 is 2.84 bits per heavy atom. The first-order valence-corrected chi connectivity index (χ1v) is 5.48. The van der Waals surface area contributed by atoms with Crippen molar-refractivity contribution in [3.05, 3.63) is 44.9 Å². The second kappa shape index (κ2) is 5.02. The molecule has 0 fully saturated rings. The topological polar surface area (TPSA) is 114 Å². The second-order valence-electron chi connectivity index (χ2n) is 3.68. The summed E-state index contributed by atoms with van der Waals surface area (Å²) in [5.74, 6) is -0.322. The molecule has 2 rings (SSSR count). The van der Waals surface area contributed by atoms with Crippen LogP contribution in [0.5, 0.6) is 0 Å². The molecule has 0 aromatic carbocycles. The monoisotopic (exact) mass is 281 g/mol. The zero-order chi connectivity index (χ0) is 14.0. The van der Waals surface area contributed by atoms with Crippen LogP contribution >= 0.6 is 11.6 Å². The van der Waals surface area contributed by atoms with Crippen molar-refractivity contribution in [3.63, 3.8) is 0 Å². The van der Waals surface area contributed by atoms with Gasteiger partial charge in [-0.3, -0.25) is 20.0 Å². The minimum absolute atomic E-state index is 0.0866. The lowest BCUT2D eigenvalue weighted by atomic mass is 10.2. The third-order valence-electron chi connectivity index (χ3n) is 2.23. The number of aromatic nitrogens is 3. The van der Waals surface area contributed by atoms with Gasteiger partial charge < -0.3 is 5.32 Å². The van der Waals surface area contributed by atoms with Crippen LogP contribution in [0.25, 0.3) is 0 Å². The highest BCUT2D eigenvalue weighted by atomic mass is 35.5. The van der Waals surface area contributed by atoms with E-state index in [1.165, 1.54) is 0 Å². The van der Waals surface area contributed by atoms with E-state index < -0.39 is 10.8 Å². The number of hydrogen-bond acceptors (Lipinski definition) is 5. The van der Waals surface area contributed by atoms with E-state index in [1.807, 2.05) is 0 Å². The van der Waals surface area contributed by atoms with Crippen molar-refractivity contribution in [1.29, 1.82) is 0 Å². The Bertz CT molecular complexity index is 654. The van der Waals surface area contributed by atoms with Gasteiger partial charge in [0.1, 0.15) is 11.3 Å². The number of amides is 1. The molecule has 19 heavy (non-hydrogen) atoms. The minimum atomic E-state index is -0.654. The number of aromatic amines is 1. The molecular weight excluding hydrogens is 274 g/mol. The van der Waals surface area contributed by atoms with E-state index in [1.54, 1.807) is 13.0 Å². The molecular formula is C10H8ClN5O3. The first-order chi connectivity index (χ1) is 8.97. The summed E-state index contributed by atoms with van der Waals surface area (Å²) in [5.41, 5.74) is 0.364. The Morgan fingerprint density at radius 2 is 2.26 bits per heavy atom. The number of hydrogen-bond donors (Lipinski definition) is 2. The molecule has 8 nitrogen and oxygen atoms in total. The summed E-state index contributed by atoms with van der Waals surface area (Å²) in [6.07, 6.45) is 0.984. The first-order valence-electron chi connectivity index (χ1n) is 5.10. The largest absolute Gasteiger partial charge is 0.305 e. The van der Waals surface area contributed by atoms with Crippen molar-refractivity contribution < 1.29 is 9.72 Å². The number of carbonyl (C=O) groups excluding carboxylic acids is 1. The van der Waals surface area contributed by atoms with Crippen LogP contribution in [0.1, 0.15) is 16.1 Å². The van der Waals surface area contributed by atoms with Crippen LogP contribution in [0.4, 0.5) is 11.5 Å². The number of pyridine rings is 1. The highest BCUT2D eigenvalue weighted by Crippen LogP contribution is 2.20. The average molecular weight is 282 g/mol. The molecule has 2 aromatic heterocycles. The number of aryl methyl sites for hydroxylation is 1. The van der Waals surface area contributed by atoms with Crippen molar-refractivity contribution >= 4 is 29.0 Å². The molecule has 0 saturated heterocycles. The van der Waals surface area contributed by atoms with E-state index in [0.717, 1.165) is 18.0 Å². The van der Waals surface area contributed by atoms with E-state index in [4.69, 9.17) is 11.6 Å². The molecule has 9 heteroatoms. The first kappa shape index (κ1) is 13.0. The van der Waals surface area contributed by atoms with Crippen molar-refractivity contribution in [2.75, 3.05) is 5.32 Å². The zero-order valence-corrected chi connectivity index (χ0v) is 10.4. The Balaban J connectivity index is 2.27. The molecule has 0 saturated carbocycles. The fourth-order valence-corrected chi connectivity index (χ4v) is 1.55. The average Bonchev–Trinajstić information content (AvgIpc) is 2.74. The molecule has 0 unspecified atom stereocenters. The van der Waals surface area contributed by atoms with Crippen LogP contribution in [-0.4, -0.2) is 26.0 Å². The number of carbonyl (C=O) groups is 1. The van der Waals surface area contributed by atoms with Crippen LogP contribution in [0.15, 0.2) is 18.3 Å². The van der Waals surface area contributed by atoms with Crippen LogP contribution in [0, 0.1) is 17.0 Å². The SMILES string of the molecule is Cc1cc(NC(=O)c2cc([N+](=O)[O-])cnc2Cl)n[nH]1. The van der Waals surface area contributed by atoms with Crippen LogP contribution in [0.2, 0.25) is 5.15 Å². The maximum atomic E-state index is 11.9. The van der Waals surface area contributed by atoms with Crippen LogP contribution < -0.4 is 5.32 Å². The van der Waals surface area contributed by atoms with E-state index in [0.29, 0.717) is 5.82 Å². The van der Waals surface area contributed by atoms with Crippen LogP contribution in [0.3, 0.4) is 0 Å². The fraction of sp³-hybridized carbons (Fsp3) is 0.100. The number of H-pyrrole nitrogens is 1. The number of nitrogens with one attached hydrogen (secondary N) is 2. The molecule has 0 radical (unpaired) electrons. The van der Waals surface area contributed by atoms with Gasteiger partial charge in [-0.15, -0.1) is 0 Å². The molecule has 1 amide bonds. The summed E-state index contributed by atoms with van der Waals surface area (Å²) < 4.78 is 0. The summed E-state index contributed by atoms with van der Waals surface area (Å²) in [4.78, 5) is 25.5. The van der Waals surface area contributed by atoms with Gasteiger partial charge in [-0.1, -0.05) is 11.6 Å².